The highest BCUT2D eigenvalue weighted by atomic mass is 32.1. The van der Waals surface area contributed by atoms with Gasteiger partial charge < -0.3 is 15.7 Å². The molecule has 0 atom stereocenters. The molecule has 0 radical (unpaired) electrons. The van der Waals surface area contributed by atoms with Crippen LogP contribution < -0.4 is 10.6 Å². The zero-order valence-corrected chi connectivity index (χ0v) is 11.5. The Morgan fingerprint density at radius 3 is 2.67 bits per heavy atom. The van der Waals surface area contributed by atoms with Gasteiger partial charge in [0.2, 0.25) is 0 Å². The van der Waals surface area contributed by atoms with Gasteiger partial charge in [0.25, 0.3) is 0 Å². The van der Waals surface area contributed by atoms with Crippen LogP contribution in [0.3, 0.4) is 0 Å². The van der Waals surface area contributed by atoms with Crippen molar-refractivity contribution in [2.75, 3.05) is 31.3 Å². The second kappa shape index (κ2) is 5.42. The van der Waals surface area contributed by atoms with E-state index in [1.807, 2.05) is 32.3 Å². The summed E-state index contributed by atoms with van der Waals surface area (Å²) < 4.78 is 0. The number of hydrogen-bond acceptors (Lipinski definition) is 4. The lowest BCUT2D eigenvalue weighted by atomic mass is 10.0. The standard InChI is InChI=1S/C14H18N2OS/c1-16(2)14-12(7-9-18-14)11-5-3-4-10(6-8-17)13(11)15/h3-5,7,9,17H,6,8,15H2,1-2H3. The molecule has 0 bridgehead atoms. The van der Waals surface area contributed by atoms with Crippen LogP contribution in [0.5, 0.6) is 0 Å². The van der Waals surface area contributed by atoms with Crippen LogP contribution in [0.4, 0.5) is 10.7 Å². The second-order valence-corrected chi connectivity index (χ2v) is 5.28. The zero-order valence-electron chi connectivity index (χ0n) is 10.7. The van der Waals surface area contributed by atoms with Crippen molar-refractivity contribution in [3.8, 4) is 11.1 Å². The highest BCUT2D eigenvalue weighted by molar-refractivity contribution is 7.14. The van der Waals surface area contributed by atoms with E-state index in [1.165, 1.54) is 5.00 Å². The molecular formula is C14H18N2OS. The first-order valence-corrected chi connectivity index (χ1v) is 6.76. The number of nitrogens with two attached hydrogens (primary N) is 1. The molecule has 1 heterocycles. The van der Waals surface area contributed by atoms with E-state index in [1.54, 1.807) is 11.3 Å². The van der Waals surface area contributed by atoms with E-state index >= 15 is 0 Å². The minimum absolute atomic E-state index is 0.123. The Labute approximate surface area is 111 Å². The van der Waals surface area contributed by atoms with Gasteiger partial charge in [-0.15, -0.1) is 11.3 Å². The second-order valence-electron chi connectivity index (χ2n) is 4.39. The van der Waals surface area contributed by atoms with Gasteiger partial charge in [0.05, 0.1) is 5.00 Å². The molecule has 3 nitrogen and oxygen atoms in total. The summed E-state index contributed by atoms with van der Waals surface area (Å²) in [5.41, 5.74) is 10.2. The third kappa shape index (κ3) is 2.35. The van der Waals surface area contributed by atoms with Gasteiger partial charge in [-0.2, -0.15) is 0 Å². The maximum atomic E-state index is 9.05. The molecule has 0 unspecified atom stereocenters. The predicted molar refractivity (Wildman–Crippen MR) is 79.3 cm³/mol. The van der Waals surface area contributed by atoms with Crippen molar-refractivity contribution in [2.24, 2.45) is 0 Å². The number of benzene rings is 1. The first kappa shape index (κ1) is 12.9. The Balaban J connectivity index is 2.50. The summed E-state index contributed by atoms with van der Waals surface area (Å²) in [7, 11) is 4.06. The molecule has 18 heavy (non-hydrogen) atoms. The quantitative estimate of drug-likeness (QED) is 0.833. The number of hydrogen-bond donors (Lipinski definition) is 2. The molecule has 1 aromatic heterocycles. The molecule has 3 N–H and O–H groups in total. The Hall–Kier alpha value is -1.52. The summed E-state index contributed by atoms with van der Waals surface area (Å²) in [6.45, 7) is 0.123. The highest BCUT2D eigenvalue weighted by Gasteiger charge is 2.12. The number of nitrogens with zero attached hydrogens (tertiary/aromatic N) is 1. The average molecular weight is 262 g/mol. The van der Waals surface area contributed by atoms with Crippen molar-refractivity contribution in [1.29, 1.82) is 0 Å². The largest absolute Gasteiger partial charge is 0.398 e. The first-order valence-electron chi connectivity index (χ1n) is 5.88. The number of para-hydroxylation sites is 1. The minimum Gasteiger partial charge on any atom is -0.398 e. The predicted octanol–water partition coefficient (Wildman–Crippen LogP) is 2.60. The molecule has 96 valence electrons. The lowest BCUT2D eigenvalue weighted by Gasteiger charge is -2.15. The topological polar surface area (TPSA) is 49.5 Å². The van der Waals surface area contributed by atoms with Crippen LogP contribution >= 0.6 is 11.3 Å². The van der Waals surface area contributed by atoms with Gasteiger partial charge >= 0.3 is 0 Å². The van der Waals surface area contributed by atoms with E-state index in [-0.39, 0.29) is 6.61 Å². The molecule has 0 aliphatic carbocycles. The molecule has 1 aromatic carbocycles. The van der Waals surface area contributed by atoms with Gasteiger partial charge in [-0.3, -0.25) is 0 Å². The Morgan fingerprint density at radius 1 is 1.22 bits per heavy atom. The van der Waals surface area contributed by atoms with Crippen LogP contribution in [0.1, 0.15) is 5.56 Å². The maximum Gasteiger partial charge on any atom is 0.0984 e. The summed E-state index contributed by atoms with van der Waals surface area (Å²) in [6.07, 6.45) is 0.598. The molecule has 0 aliphatic rings. The van der Waals surface area contributed by atoms with Crippen LogP contribution in [-0.2, 0) is 6.42 Å². The number of anilines is 2. The average Bonchev–Trinajstić information content (AvgIpc) is 2.81. The van der Waals surface area contributed by atoms with Gasteiger partial charge in [0.15, 0.2) is 0 Å². The zero-order chi connectivity index (χ0) is 13.1. The number of thiophene rings is 1. The molecule has 0 saturated carbocycles. The Bertz CT molecular complexity index is 534. The minimum atomic E-state index is 0.123. The summed E-state index contributed by atoms with van der Waals surface area (Å²) >= 11 is 1.70. The number of nitrogen functional groups attached to an aromatic ring is 1. The fourth-order valence-electron chi connectivity index (χ4n) is 2.04. The van der Waals surface area contributed by atoms with Crippen LogP contribution in [0.25, 0.3) is 11.1 Å². The van der Waals surface area contributed by atoms with Gasteiger partial charge in [-0.05, 0) is 23.4 Å². The molecule has 0 spiro atoms. The van der Waals surface area contributed by atoms with E-state index in [0.717, 1.165) is 22.4 Å². The third-order valence-electron chi connectivity index (χ3n) is 2.92. The molecule has 0 saturated heterocycles. The van der Waals surface area contributed by atoms with Crippen molar-refractivity contribution < 1.29 is 5.11 Å². The summed E-state index contributed by atoms with van der Waals surface area (Å²) in [5, 5.41) is 12.3. The third-order valence-corrected chi connectivity index (χ3v) is 4.00. The van der Waals surface area contributed by atoms with Crippen molar-refractivity contribution in [3.63, 3.8) is 0 Å². The van der Waals surface area contributed by atoms with E-state index in [0.29, 0.717) is 6.42 Å². The first-order chi connectivity index (χ1) is 8.65. The molecule has 2 rings (SSSR count). The maximum absolute atomic E-state index is 9.05. The molecular weight excluding hydrogens is 244 g/mol. The monoisotopic (exact) mass is 262 g/mol. The van der Waals surface area contributed by atoms with Crippen LogP contribution in [-0.4, -0.2) is 25.8 Å². The number of aliphatic hydroxyl groups excluding tert-OH is 1. The molecule has 4 heteroatoms. The van der Waals surface area contributed by atoms with Crippen molar-refractivity contribution in [2.45, 2.75) is 6.42 Å². The fraction of sp³-hybridized carbons (Fsp3) is 0.286. The van der Waals surface area contributed by atoms with E-state index in [4.69, 9.17) is 10.8 Å². The van der Waals surface area contributed by atoms with Crippen LogP contribution in [0.2, 0.25) is 0 Å². The summed E-state index contributed by atoms with van der Waals surface area (Å²) in [5.74, 6) is 0. The van der Waals surface area contributed by atoms with Gasteiger partial charge in [0, 0.05) is 37.5 Å². The summed E-state index contributed by atoms with van der Waals surface area (Å²) in [4.78, 5) is 2.10. The molecule has 0 fully saturated rings. The van der Waals surface area contributed by atoms with Crippen molar-refractivity contribution in [1.82, 2.24) is 0 Å². The lowest BCUT2D eigenvalue weighted by molar-refractivity contribution is 0.300. The van der Waals surface area contributed by atoms with E-state index in [9.17, 15) is 0 Å². The number of rotatable bonds is 4. The highest BCUT2D eigenvalue weighted by Crippen LogP contribution is 2.38. The fourth-order valence-corrected chi connectivity index (χ4v) is 2.89. The van der Waals surface area contributed by atoms with Crippen molar-refractivity contribution >= 4 is 22.0 Å². The van der Waals surface area contributed by atoms with E-state index < -0.39 is 0 Å². The van der Waals surface area contributed by atoms with E-state index in [2.05, 4.69) is 16.3 Å². The SMILES string of the molecule is CN(C)c1sccc1-c1cccc(CCO)c1N. The molecule has 0 aliphatic heterocycles. The smallest absolute Gasteiger partial charge is 0.0984 e. The molecule has 2 aromatic rings. The Morgan fingerprint density at radius 2 is 2.00 bits per heavy atom. The van der Waals surface area contributed by atoms with Crippen LogP contribution in [0, 0.1) is 0 Å². The lowest BCUT2D eigenvalue weighted by Crippen LogP contribution is -2.08. The Kier molecular flexibility index (Phi) is 3.89. The number of aliphatic hydroxyl groups is 1. The summed E-state index contributed by atoms with van der Waals surface area (Å²) in [6, 6.07) is 8.09. The molecule has 0 amide bonds. The van der Waals surface area contributed by atoms with Crippen molar-refractivity contribution in [3.05, 3.63) is 35.2 Å². The van der Waals surface area contributed by atoms with Gasteiger partial charge in [-0.25, -0.2) is 0 Å². The van der Waals surface area contributed by atoms with Crippen LogP contribution in [0.15, 0.2) is 29.6 Å². The van der Waals surface area contributed by atoms with Gasteiger partial charge in [0.1, 0.15) is 0 Å². The van der Waals surface area contributed by atoms with Gasteiger partial charge in [-0.1, -0.05) is 18.2 Å². The normalized spacial score (nSPS) is 10.6.